The first-order valence-corrected chi connectivity index (χ1v) is 11.7. The number of amides is 2. The van der Waals surface area contributed by atoms with Crippen LogP contribution in [0.3, 0.4) is 0 Å². The second-order valence-electron chi connectivity index (χ2n) is 8.99. The van der Waals surface area contributed by atoms with Gasteiger partial charge in [0.15, 0.2) is 0 Å². The van der Waals surface area contributed by atoms with E-state index in [2.05, 4.69) is 14.8 Å². The minimum Gasteiger partial charge on any atom is -0.379 e. The summed E-state index contributed by atoms with van der Waals surface area (Å²) in [6.45, 7) is 6.39. The second kappa shape index (κ2) is 9.96. The Morgan fingerprint density at radius 2 is 1.63 bits per heavy atom. The molecule has 3 aliphatic rings. The fourth-order valence-electron chi connectivity index (χ4n) is 5.28. The quantitative estimate of drug-likeness (QED) is 0.768. The number of piperidine rings is 1. The minimum atomic E-state index is -0.422. The highest BCUT2D eigenvalue weighted by atomic mass is 16.5. The highest BCUT2D eigenvalue weighted by molar-refractivity contribution is 5.85. The maximum absolute atomic E-state index is 13.6. The average molecular weight is 417 g/mol. The molecule has 0 unspecified atom stereocenters. The van der Waals surface area contributed by atoms with Gasteiger partial charge in [0, 0.05) is 57.6 Å². The lowest BCUT2D eigenvalue weighted by molar-refractivity contribution is -0.145. The number of morpholine rings is 1. The van der Waals surface area contributed by atoms with E-state index in [1.54, 1.807) is 0 Å². The van der Waals surface area contributed by atoms with E-state index in [0.717, 1.165) is 71.4 Å². The van der Waals surface area contributed by atoms with Crippen molar-refractivity contribution >= 4 is 11.8 Å². The maximum atomic E-state index is 13.6. The Balaban J connectivity index is 1.27. The molecule has 7 heteroatoms. The van der Waals surface area contributed by atoms with Crippen molar-refractivity contribution in [3.8, 4) is 0 Å². The second-order valence-corrected chi connectivity index (χ2v) is 8.99. The van der Waals surface area contributed by atoms with E-state index in [-0.39, 0.29) is 17.7 Å². The zero-order chi connectivity index (χ0) is 20.8. The van der Waals surface area contributed by atoms with Gasteiger partial charge in [-0.25, -0.2) is 0 Å². The monoisotopic (exact) mass is 416 g/mol. The van der Waals surface area contributed by atoms with Crippen molar-refractivity contribution in [1.82, 2.24) is 19.7 Å². The van der Waals surface area contributed by atoms with Crippen molar-refractivity contribution in [3.05, 3.63) is 24.5 Å². The third-order valence-electron chi connectivity index (χ3n) is 7.16. The SMILES string of the molecule is O=C(NCCN1CCOCC1)C1CCN(C(=O)C2(n3cccc3)CCCCC2)CC1. The topological polar surface area (TPSA) is 66.8 Å². The third-order valence-corrected chi connectivity index (χ3v) is 7.16. The summed E-state index contributed by atoms with van der Waals surface area (Å²) in [5, 5.41) is 3.11. The summed E-state index contributed by atoms with van der Waals surface area (Å²) in [4.78, 5) is 30.5. The lowest BCUT2D eigenvalue weighted by Gasteiger charge is -2.43. The van der Waals surface area contributed by atoms with E-state index in [1.807, 2.05) is 29.4 Å². The molecular weight excluding hydrogens is 380 g/mol. The van der Waals surface area contributed by atoms with Crippen LogP contribution < -0.4 is 5.32 Å². The van der Waals surface area contributed by atoms with Crippen molar-refractivity contribution in [1.29, 1.82) is 0 Å². The highest BCUT2D eigenvalue weighted by Gasteiger charge is 2.44. The van der Waals surface area contributed by atoms with Crippen LogP contribution in [0.1, 0.15) is 44.9 Å². The van der Waals surface area contributed by atoms with Gasteiger partial charge in [0.1, 0.15) is 5.54 Å². The van der Waals surface area contributed by atoms with Gasteiger partial charge in [-0.05, 0) is 37.8 Å². The zero-order valence-corrected chi connectivity index (χ0v) is 18.1. The zero-order valence-electron chi connectivity index (χ0n) is 18.1. The number of carbonyl (C=O) groups is 2. The molecule has 0 bridgehead atoms. The molecule has 2 saturated heterocycles. The molecule has 0 spiro atoms. The average Bonchev–Trinajstić information content (AvgIpc) is 3.35. The van der Waals surface area contributed by atoms with Crippen LogP contribution in [0.4, 0.5) is 0 Å². The molecule has 1 aliphatic carbocycles. The van der Waals surface area contributed by atoms with E-state index in [1.165, 1.54) is 6.42 Å². The molecule has 7 nitrogen and oxygen atoms in total. The number of hydrogen-bond donors (Lipinski definition) is 1. The van der Waals surface area contributed by atoms with Gasteiger partial charge < -0.3 is 19.5 Å². The van der Waals surface area contributed by atoms with Crippen molar-refractivity contribution in [2.75, 3.05) is 52.5 Å². The molecule has 2 aliphatic heterocycles. The molecule has 3 heterocycles. The van der Waals surface area contributed by atoms with Gasteiger partial charge in [0.25, 0.3) is 0 Å². The van der Waals surface area contributed by atoms with Gasteiger partial charge in [-0.1, -0.05) is 19.3 Å². The number of aromatic nitrogens is 1. The number of carbonyl (C=O) groups excluding carboxylic acids is 2. The van der Waals surface area contributed by atoms with Gasteiger partial charge in [-0.2, -0.15) is 0 Å². The summed E-state index contributed by atoms with van der Waals surface area (Å²) in [5.74, 6) is 0.422. The van der Waals surface area contributed by atoms with E-state index < -0.39 is 5.54 Å². The van der Waals surface area contributed by atoms with Crippen LogP contribution in [0, 0.1) is 5.92 Å². The molecule has 1 saturated carbocycles. The molecule has 2 amide bonds. The summed E-state index contributed by atoms with van der Waals surface area (Å²) < 4.78 is 7.50. The molecule has 3 fully saturated rings. The first-order valence-electron chi connectivity index (χ1n) is 11.7. The largest absolute Gasteiger partial charge is 0.379 e. The molecule has 0 aromatic carbocycles. The molecule has 4 rings (SSSR count). The fraction of sp³-hybridized carbons (Fsp3) is 0.739. The van der Waals surface area contributed by atoms with Crippen LogP contribution in [0.2, 0.25) is 0 Å². The number of likely N-dealkylation sites (tertiary alicyclic amines) is 1. The maximum Gasteiger partial charge on any atom is 0.248 e. The molecule has 0 atom stereocenters. The molecular formula is C23H36N4O3. The summed E-state index contributed by atoms with van der Waals surface area (Å²) >= 11 is 0. The Hall–Kier alpha value is -1.86. The van der Waals surface area contributed by atoms with Gasteiger partial charge >= 0.3 is 0 Å². The van der Waals surface area contributed by atoms with Crippen molar-refractivity contribution in [2.24, 2.45) is 5.92 Å². The van der Waals surface area contributed by atoms with Gasteiger partial charge in [0.2, 0.25) is 11.8 Å². The van der Waals surface area contributed by atoms with Gasteiger partial charge in [0.05, 0.1) is 13.2 Å². The van der Waals surface area contributed by atoms with Gasteiger partial charge in [-0.15, -0.1) is 0 Å². The third kappa shape index (κ3) is 4.72. The summed E-state index contributed by atoms with van der Waals surface area (Å²) in [7, 11) is 0. The predicted octanol–water partition coefficient (Wildman–Crippen LogP) is 1.83. The van der Waals surface area contributed by atoms with Crippen LogP contribution in [0.15, 0.2) is 24.5 Å². The molecule has 30 heavy (non-hydrogen) atoms. The Morgan fingerprint density at radius 1 is 0.967 bits per heavy atom. The van der Waals surface area contributed by atoms with Crippen molar-refractivity contribution < 1.29 is 14.3 Å². The molecule has 0 radical (unpaired) electrons. The Kier molecular flexibility index (Phi) is 7.10. The number of hydrogen-bond acceptors (Lipinski definition) is 4. The minimum absolute atomic E-state index is 0.0209. The van der Waals surface area contributed by atoms with Crippen LogP contribution in [0.25, 0.3) is 0 Å². The lowest BCUT2D eigenvalue weighted by Crippen LogP contribution is -2.54. The standard InChI is InChI=1S/C23H36N4O3/c28-21(24-10-15-25-16-18-30-19-17-25)20-6-13-26(14-7-20)22(29)23(8-2-1-3-9-23)27-11-4-5-12-27/h4-5,11-12,20H,1-3,6-10,13-19H2,(H,24,28). The van der Waals surface area contributed by atoms with Crippen LogP contribution >= 0.6 is 0 Å². The Morgan fingerprint density at radius 3 is 2.30 bits per heavy atom. The summed E-state index contributed by atoms with van der Waals surface area (Å²) in [6, 6.07) is 4.02. The van der Waals surface area contributed by atoms with Crippen LogP contribution in [-0.2, 0) is 19.9 Å². The van der Waals surface area contributed by atoms with Crippen molar-refractivity contribution in [2.45, 2.75) is 50.5 Å². The summed E-state index contributed by atoms with van der Waals surface area (Å²) in [6.07, 6.45) is 10.9. The first kappa shape index (κ1) is 21.4. The first-order chi connectivity index (χ1) is 14.7. The van der Waals surface area contributed by atoms with Crippen LogP contribution in [0.5, 0.6) is 0 Å². The number of nitrogens with zero attached hydrogens (tertiary/aromatic N) is 3. The van der Waals surface area contributed by atoms with Crippen molar-refractivity contribution in [3.63, 3.8) is 0 Å². The number of nitrogens with one attached hydrogen (secondary N) is 1. The predicted molar refractivity (Wildman–Crippen MR) is 115 cm³/mol. The van der Waals surface area contributed by atoms with E-state index in [4.69, 9.17) is 4.74 Å². The molecule has 1 N–H and O–H groups in total. The smallest absolute Gasteiger partial charge is 0.248 e. The molecule has 1 aromatic rings. The van der Waals surface area contributed by atoms with E-state index >= 15 is 0 Å². The normalized spacial score (nSPS) is 23.3. The van der Waals surface area contributed by atoms with Gasteiger partial charge in [-0.3, -0.25) is 14.5 Å². The van der Waals surface area contributed by atoms with Crippen LogP contribution in [-0.4, -0.2) is 78.7 Å². The number of rotatable bonds is 6. The Labute approximate surface area is 179 Å². The highest BCUT2D eigenvalue weighted by Crippen LogP contribution is 2.37. The summed E-state index contributed by atoms with van der Waals surface area (Å²) in [5.41, 5.74) is -0.422. The lowest BCUT2D eigenvalue weighted by atomic mass is 9.79. The number of ether oxygens (including phenoxy) is 1. The molecule has 1 aromatic heterocycles. The van der Waals surface area contributed by atoms with E-state index in [9.17, 15) is 9.59 Å². The molecule has 166 valence electrons. The Bertz CT molecular complexity index is 685. The van der Waals surface area contributed by atoms with E-state index in [0.29, 0.717) is 19.6 Å². The fourth-order valence-corrected chi connectivity index (χ4v) is 5.28.